The van der Waals surface area contributed by atoms with E-state index < -0.39 is 19.8 Å². The van der Waals surface area contributed by atoms with Gasteiger partial charge in [0.1, 0.15) is 6.04 Å². The third-order valence-corrected chi connectivity index (χ3v) is 4.36. The minimum atomic E-state index is -3.29. The summed E-state index contributed by atoms with van der Waals surface area (Å²) in [6, 6.07) is -0.695. The Morgan fingerprint density at radius 1 is 1.29 bits per heavy atom. The molecule has 82 valence electrons. The van der Waals surface area contributed by atoms with E-state index in [2.05, 4.69) is 4.74 Å². The van der Waals surface area contributed by atoms with Crippen LogP contribution < -0.4 is 0 Å². The molecule has 0 spiro atoms. The van der Waals surface area contributed by atoms with E-state index in [-0.39, 0.29) is 6.04 Å². The van der Waals surface area contributed by atoms with Crippen LogP contribution >= 0.6 is 7.75 Å². The van der Waals surface area contributed by atoms with E-state index in [1.807, 2.05) is 0 Å². The Balaban J connectivity index is 2.74. The Hall–Kier alpha value is -0.420. The number of hydrogen-bond acceptors (Lipinski definition) is 5. The van der Waals surface area contributed by atoms with Crippen LogP contribution in [-0.2, 0) is 23.1 Å². The van der Waals surface area contributed by atoms with E-state index in [1.165, 1.54) is 26.0 Å². The maximum Gasteiger partial charge on any atom is 0.408 e. The summed E-state index contributed by atoms with van der Waals surface area (Å²) in [5.74, 6) is -0.424. The molecule has 0 N–H and O–H groups in total. The summed E-state index contributed by atoms with van der Waals surface area (Å²) in [7, 11) is 0.562. The van der Waals surface area contributed by atoms with Crippen molar-refractivity contribution in [3.05, 3.63) is 0 Å². The molecule has 1 heterocycles. The fourth-order valence-electron chi connectivity index (χ4n) is 1.40. The minimum absolute atomic E-state index is 0.173. The number of rotatable bonds is 4. The Kier molecular flexibility index (Phi) is 3.32. The topological polar surface area (TPSA) is 64.8 Å². The molecule has 14 heavy (non-hydrogen) atoms. The smallest absolute Gasteiger partial charge is 0.408 e. The van der Waals surface area contributed by atoms with Gasteiger partial charge in [-0.15, -0.1) is 0 Å². The molecule has 7 heteroatoms. The van der Waals surface area contributed by atoms with E-state index in [4.69, 9.17) is 9.05 Å². The van der Waals surface area contributed by atoms with Crippen LogP contribution in [0.2, 0.25) is 0 Å². The average Bonchev–Trinajstić information content (AvgIpc) is 2.88. The van der Waals surface area contributed by atoms with Crippen molar-refractivity contribution in [2.24, 2.45) is 0 Å². The predicted octanol–water partition coefficient (Wildman–Crippen LogP) is 0.633. The largest absolute Gasteiger partial charge is 0.468 e. The molecule has 1 aliphatic heterocycles. The van der Waals surface area contributed by atoms with Crippen molar-refractivity contribution < 1.29 is 23.1 Å². The molecular weight excluding hydrogens is 209 g/mol. The van der Waals surface area contributed by atoms with Crippen molar-refractivity contribution in [2.75, 3.05) is 21.3 Å². The molecule has 0 bridgehead atoms. The van der Waals surface area contributed by atoms with Gasteiger partial charge in [0.25, 0.3) is 0 Å². The quantitative estimate of drug-likeness (QED) is 0.395. The van der Waals surface area contributed by atoms with Crippen molar-refractivity contribution in [3.63, 3.8) is 0 Å². The molecular formula is C7H14NO5P. The highest BCUT2D eigenvalue weighted by molar-refractivity contribution is 7.51. The first-order valence-electron chi connectivity index (χ1n) is 4.10. The Morgan fingerprint density at radius 2 is 1.79 bits per heavy atom. The highest BCUT2D eigenvalue weighted by atomic mass is 31.2. The van der Waals surface area contributed by atoms with Crippen LogP contribution in [-0.4, -0.2) is 44.1 Å². The molecule has 0 saturated carbocycles. The van der Waals surface area contributed by atoms with E-state index in [0.29, 0.717) is 0 Å². The van der Waals surface area contributed by atoms with Crippen LogP contribution in [0.4, 0.5) is 0 Å². The molecule has 0 aromatic carbocycles. The lowest BCUT2D eigenvalue weighted by molar-refractivity contribution is -0.140. The van der Waals surface area contributed by atoms with Crippen LogP contribution in [0.5, 0.6) is 0 Å². The fraction of sp³-hybridized carbons (Fsp3) is 0.857. The number of ether oxygens (including phenoxy) is 1. The lowest BCUT2D eigenvalue weighted by atomic mass is 10.3. The molecule has 0 amide bonds. The van der Waals surface area contributed by atoms with Gasteiger partial charge >= 0.3 is 13.7 Å². The SMILES string of the molecule is COC(=O)[C@@H]1[C@H](C)N1P(=O)(OC)OC. The van der Waals surface area contributed by atoms with Crippen LogP contribution in [0.15, 0.2) is 0 Å². The lowest BCUT2D eigenvalue weighted by Gasteiger charge is -2.14. The van der Waals surface area contributed by atoms with Crippen LogP contribution in [0.3, 0.4) is 0 Å². The van der Waals surface area contributed by atoms with Crippen molar-refractivity contribution in [3.8, 4) is 0 Å². The fourth-order valence-corrected chi connectivity index (χ4v) is 3.03. The molecule has 0 aliphatic carbocycles. The Labute approximate surface area is 82.7 Å². The number of methoxy groups -OCH3 is 1. The second-order valence-electron chi connectivity index (χ2n) is 2.92. The lowest BCUT2D eigenvalue weighted by Crippen LogP contribution is -2.14. The number of esters is 1. The third-order valence-electron chi connectivity index (χ3n) is 2.26. The molecule has 0 aromatic rings. The first-order chi connectivity index (χ1) is 6.51. The summed E-state index contributed by atoms with van der Waals surface area (Å²) in [4.78, 5) is 11.2. The van der Waals surface area contributed by atoms with Crippen LogP contribution in [0.1, 0.15) is 6.92 Å². The van der Waals surface area contributed by atoms with Gasteiger partial charge in [0.15, 0.2) is 0 Å². The van der Waals surface area contributed by atoms with Gasteiger partial charge in [-0.3, -0.25) is 13.8 Å². The highest BCUT2D eigenvalue weighted by Crippen LogP contribution is 2.60. The summed E-state index contributed by atoms with van der Waals surface area (Å²) in [6.07, 6.45) is 0. The third kappa shape index (κ3) is 1.70. The first kappa shape index (κ1) is 11.7. The van der Waals surface area contributed by atoms with Crippen molar-refractivity contribution in [1.29, 1.82) is 0 Å². The van der Waals surface area contributed by atoms with Gasteiger partial charge in [-0.2, -0.15) is 4.67 Å². The minimum Gasteiger partial charge on any atom is -0.468 e. The van der Waals surface area contributed by atoms with Crippen molar-refractivity contribution in [1.82, 2.24) is 4.67 Å². The summed E-state index contributed by atoms with van der Waals surface area (Å²) < 4.78 is 27.3. The Morgan fingerprint density at radius 3 is 2.14 bits per heavy atom. The number of hydrogen-bond donors (Lipinski definition) is 0. The molecule has 1 saturated heterocycles. The highest BCUT2D eigenvalue weighted by Gasteiger charge is 2.60. The molecule has 0 radical (unpaired) electrons. The van der Waals surface area contributed by atoms with E-state index in [9.17, 15) is 9.36 Å². The van der Waals surface area contributed by atoms with Gasteiger partial charge in [-0.25, -0.2) is 4.57 Å². The van der Waals surface area contributed by atoms with E-state index >= 15 is 0 Å². The maximum atomic E-state index is 11.8. The molecule has 0 aromatic heterocycles. The molecule has 1 aliphatic rings. The zero-order valence-corrected chi connectivity index (χ0v) is 9.48. The van der Waals surface area contributed by atoms with E-state index in [0.717, 1.165) is 0 Å². The standard InChI is InChI=1S/C7H14NO5P/c1-5-6(7(9)11-2)8(5)14(10,12-3)13-4/h5-6H,1-4H3/t5-,6-,8?/m0/s1. The van der Waals surface area contributed by atoms with Crippen LogP contribution in [0.25, 0.3) is 0 Å². The normalized spacial score (nSPS) is 31.3. The van der Waals surface area contributed by atoms with Gasteiger partial charge in [0, 0.05) is 20.3 Å². The maximum absolute atomic E-state index is 11.8. The number of carbonyl (C=O) groups is 1. The second kappa shape index (κ2) is 3.98. The number of carbonyl (C=O) groups excluding carboxylic acids is 1. The van der Waals surface area contributed by atoms with Gasteiger partial charge in [0.05, 0.1) is 7.11 Å². The molecule has 6 nitrogen and oxygen atoms in total. The van der Waals surface area contributed by atoms with E-state index in [1.54, 1.807) is 6.92 Å². The predicted molar refractivity (Wildman–Crippen MR) is 48.7 cm³/mol. The summed E-state index contributed by atoms with van der Waals surface area (Å²) in [5, 5.41) is 0. The van der Waals surface area contributed by atoms with Crippen LogP contribution in [0, 0.1) is 0 Å². The molecule has 1 unspecified atom stereocenters. The summed E-state index contributed by atoms with van der Waals surface area (Å²) >= 11 is 0. The zero-order chi connectivity index (χ0) is 10.9. The van der Waals surface area contributed by atoms with Crippen molar-refractivity contribution >= 4 is 13.7 Å². The van der Waals surface area contributed by atoms with Gasteiger partial charge < -0.3 is 4.74 Å². The summed E-state index contributed by atoms with van der Waals surface area (Å²) in [6.45, 7) is 1.76. The monoisotopic (exact) mass is 223 g/mol. The van der Waals surface area contributed by atoms with Gasteiger partial charge in [-0.1, -0.05) is 0 Å². The summed E-state index contributed by atoms with van der Waals surface area (Å²) in [5.41, 5.74) is 0. The molecule has 3 atom stereocenters. The zero-order valence-electron chi connectivity index (χ0n) is 8.59. The van der Waals surface area contributed by atoms with Gasteiger partial charge in [0.2, 0.25) is 0 Å². The molecule has 1 fully saturated rings. The van der Waals surface area contributed by atoms with Crippen molar-refractivity contribution in [2.45, 2.75) is 19.0 Å². The van der Waals surface area contributed by atoms with Gasteiger partial charge in [-0.05, 0) is 6.92 Å². The second-order valence-corrected chi connectivity index (χ2v) is 5.05. The average molecular weight is 223 g/mol. The number of nitrogens with zero attached hydrogens (tertiary/aromatic N) is 1. The molecule has 1 rings (SSSR count). The Bertz CT molecular complexity index is 273. The first-order valence-corrected chi connectivity index (χ1v) is 5.59.